The molecule has 1 heterocycles. The number of unbranched alkanes of at least 4 members (excludes halogenated alkanes) is 1. The van der Waals surface area contributed by atoms with Crippen molar-refractivity contribution in [1.29, 1.82) is 0 Å². The van der Waals surface area contributed by atoms with Crippen molar-refractivity contribution in [3.05, 3.63) is 81.6 Å². The summed E-state index contributed by atoms with van der Waals surface area (Å²) in [7, 11) is 0. The van der Waals surface area contributed by atoms with Crippen LogP contribution in [-0.2, 0) is 6.54 Å². The van der Waals surface area contributed by atoms with E-state index >= 15 is 0 Å². The number of aromatic nitrogens is 2. The van der Waals surface area contributed by atoms with E-state index in [9.17, 15) is 14.0 Å². The number of H-pyrrole nitrogens is 1. The molecule has 0 bridgehead atoms. The molecule has 1 aromatic heterocycles. The fourth-order valence-electron chi connectivity index (χ4n) is 2.94. The first-order chi connectivity index (χ1) is 14.5. The van der Waals surface area contributed by atoms with Gasteiger partial charge in [0.05, 0.1) is 17.5 Å². The molecule has 0 fully saturated rings. The number of nitrogens with one attached hydrogen (secondary N) is 2. The van der Waals surface area contributed by atoms with Crippen molar-refractivity contribution in [2.45, 2.75) is 19.4 Å². The van der Waals surface area contributed by atoms with Gasteiger partial charge in [0.1, 0.15) is 11.6 Å². The quantitative estimate of drug-likeness (QED) is 0.308. The van der Waals surface area contributed by atoms with Crippen molar-refractivity contribution < 1.29 is 13.9 Å². The molecule has 0 unspecified atom stereocenters. The predicted molar refractivity (Wildman–Crippen MR) is 117 cm³/mol. The third-order valence-corrected chi connectivity index (χ3v) is 4.82. The number of halogens is 1. The summed E-state index contributed by atoms with van der Waals surface area (Å²) in [5, 5.41) is 3.31. The van der Waals surface area contributed by atoms with Gasteiger partial charge in [0, 0.05) is 18.7 Å². The molecule has 1 amide bonds. The molecule has 30 heavy (non-hydrogen) atoms. The average Bonchev–Trinajstić information content (AvgIpc) is 2.74. The lowest BCUT2D eigenvalue weighted by Crippen LogP contribution is -2.25. The fourth-order valence-corrected chi connectivity index (χ4v) is 3.21. The van der Waals surface area contributed by atoms with Crippen molar-refractivity contribution in [2.75, 3.05) is 13.2 Å². The first kappa shape index (κ1) is 21.4. The molecule has 0 radical (unpaired) electrons. The number of carbonyl (C=O) groups is 1. The van der Waals surface area contributed by atoms with Gasteiger partial charge in [0.25, 0.3) is 11.5 Å². The summed E-state index contributed by atoms with van der Waals surface area (Å²) in [6, 6.07) is 10.7. The lowest BCUT2D eigenvalue weighted by molar-refractivity contribution is 0.0952. The number of carbonyl (C=O) groups excluding carboxylic acids is 1. The van der Waals surface area contributed by atoms with Gasteiger partial charge in [-0.15, -0.1) is 6.58 Å². The molecule has 2 N–H and O–H groups in total. The number of allylic oxidation sites excluding steroid dienone is 1. The Bertz CT molecular complexity index is 1170. The van der Waals surface area contributed by atoms with Crippen molar-refractivity contribution in [2.24, 2.45) is 0 Å². The summed E-state index contributed by atoms with van der Waals surface area (Å²) in [5.41, 5.74) is 0.740. The van der Waals surface area contributed by atoms with Crippen LogP contribution in [0.4, 0.5) is 4.39 Å². The number of ether oxygens (including phenoxy) is 1. The molecule has 0 saturated carbocycles. The SMILES string of the molecule is C=CCn1c(=S)[nH]c2cc(C(=O)NCCCCOc3ccc(F)cc3)ccc2c1=O. The van der Waals surface area contributed by atoms with Crippen molar-refractivity contribution in [3.8, 4) is 5.75 Å². The van der Waals surface area contributed by atoms with Gasteiger partial charge in [0.2, 0.25) is 0 Å². The number of amides is 1. The van der Waals surface area contributed by atoms with Crippen LogP contribution in [0.15, 0.2) is 59.9 Å². The average molecular weight is 428 g/mol. The molecule has 0 saturated heterocycles. The third-order valence-electron chi connectivity index (χ3n) is 4.49. The summed E-state index contributed by atoms with van der Waals surface area (Å²) >= 11 is 5.22. The Labute approximate surface area is 178 Å². The van der Waals surface area contributed by atoms with E-state index in [0.29, 0.717) is 41.9 Å². The highest BCUT2D eigenvalue weighted by Crippen LogP contribution is 2.12. The maximum Gasteiger partial charge on any atom is 0.262 e. The van der Waals surface area contributed by atoms with Gasteiger partial charge in [-0.2, -0.15) is 0 Å². The van der Waals surface area contributed by atoms with Gasteiger partial charge in [-0.25, -0.2) is 4.39 Å². The molecule has 0 atom stereocenters. The molecule has 0 spiro atoms. The summed E-state index contributed by atoms with van der Waals surface area (Å²) in [6.45, 7) is 4.91. The summed E-state index contributed by atoms with van der Waals surface area (Å²) in [5.74, 6) is 0.0785. The molecule has 8 heteroatoms. The molecule has 3 rings (SSSR count). The summed E-state index contributed by atoms with van der Waals surface area (Å²) in [4.78, 5) is 27.9. The largest absolute Gasteiger partial charge is 0.494 e. The molecule has 0 aliphatic rings. The van der Waals surface area contributed by atoms with Crippen LogP contribution in [0.25, 0.3) is 10.9 Å². The minimum absolute atomic E-state index is 0.221. The van der Waals surface area contributed by atoms with Crippen molar-refractivity contribution in [3.63, 3.8) is 0 Å². The molecular weight excluding hydrogens is 405 g/mol. The third kappa shape index (κ3) is 5.21. The van der Waals surface area contributed by atoms with Crippen molar-refractivity contribution >= 4 is 29.0 Å². The molecule has 3 aromatic rings. The molecular formula is C22H22FN3O3S. The Balaban J connectivity index is 1.53. The summed E-state index contributed by atoms with van der Waals surface area (Å²) in [6.07, 6.45) is 3.07. The van der Waals surface area contributed by atoms with E-state index in [1.807, 2.05) is 0 Å². The second kappa shape index (κ2) is 9.98. The van der Waals surface area contributed by atoms with Crippen LogP contribution in [0.2, 0.25) is 0 Å². The van der Waals surface area contributed by atoms with Crippen LogP contribution in [0.1, 0.15) is 23.2 Å². The molecule has 2 aromatic carbocycles. The lowest BCUT2D eigenvalue weighted by Gasteiger charge is -2.09. The van der Waals surface area contributed by atoms with Crippen LogP contribution in [0, 0.1) is 10.6 Å². The number of fused-ring (bicyclic) bond motifs is 1. The highest BCUT2D eigenvalue weighted by atomic mass is 32.1. The maximum absolute atomic E-state index is 12.8. The van der Waals surface area contributed by atoms with Crippen molar-refractivity contribution in [1.82, 2.24) is 14.9 Å². The minimum atomic E-state index is -0.303. The van der Waals surface area contributed by atoms with E-state index in [1.165, 1.54) is 16.7 Å². The molecule has 0 aliphatic heterocycles. The summed E-state index contributed by atoms with van der Waals surface area (Å²) < 4.78 is 20.1. The van der Waals surface area contributed by atoms with E-state index in [1.54, 1.807) is 36.4 Å². The van der Waals surface area contributed by atoms with Crippen LogP contribution >= 0.6 is 12.2 Å². The Kier molecular flexibility index (Phi) is 7.13. The minimum Gasteiger partial charge on any atom is -0.494 e. The lowest BCUT2D eigenvalue weighted by atomic mass is 10.1. The Hall–Kier alpha value is -3.26. The first-order valence-corrected chi connectivity index (χ1v) is 9.95. The zero-order valence-electron chi connectivity index (χ0n) is 16.3. The Morgan fingerprint density at radius 2 is 2.00 bits per heavy atom. The Morgan fingerprint density at radius 1 is 1.23 bits per heavy atom. The number of hydrogen-bond acceptors (Lipinski definition) is 4. The highest BCUT2D eigenvalue weighted by molar-refractivity contribution is 7.71. The van der Waals surface area contributed by atoms with E-state index in [-0.39, 0.29) is 22.1 Å². The van der Waals surface area contributed by atoms with Crippen LogP contribution in [0.5, 0.6) is 5.75 Å². The second-order valence-electron chi connectivity index (χ2n) is 6.66. The number of rotatable bonds is 9. The molecule has 0 aliphatic carbocycles. The molecule has 156 valence electrons. The first-order valence-electron chi connectivity index (χ1n) is 9.54. The van der Waals surface area contributed by atoms with E-state index in [0.717, 1.165) is 12.8 Å². The van der Waals surface area contributed by atoms with Gasteiger partial charge in [-0.1, -0.05) is 6.08 Å². The number of nitrogens with zero attached hydrogens (tertiary/aromatic N) is 1. The number of benzene rings is 2. The van der Waals surface area contributed by atoms with Gasteiger partial charge in [-0.05, 0) is 67.5 Å². The van der Waals surface area contributed by atoms with E-state index in [2.05, 4.69) is 16.9 Å². The van der Waals surface area contributed by atoms with E-state index < -0.39 is 0 Å². The van der Waals surface area contributed by atoms with E-state index in [4.69, 9.17) is 17.0 Å². The monoisotopic (exact) mass is 427 g/mol. The second-order valence-corrected chi connectivity index (χ2v) is 7.05. The zero-order chi connectivity index (χ0) is 21.5. The highest BCUT2D eigenvalue weighted by Gasteiger charge is 2.10. The van der Waals surface area contributed by atoms with Crippen LogP contribution < -0.4 is 15.6 Å². The topological polar surface area (TPSA) is 76.1 Å². The van der Waals surface area contributed by atoms with Gasteiger partial charge in [0.15, 0.2) is 4.77 Å². The molecule has 6 nitrogen and oxygen atoms in total. The smallest absolute Gasteiger partial charge is 0.262 e. The number of hydrogen-bond donors (Lipinski definition) is 2. The van der Waals surface area contributed by atoms with Gasteiger partial charge >= 0.3 is 0 Å². The van der Waals surface area contributed by atoms with Gasteiger partial charge < -0.3 is 15.0 Å². The normalized spacial score (nSPS) is 10.7. The van der Waals surface area contributed by atoms with Gasteiger partial charge in [-0.3, -0.25) is 14.2 Å². The number of aromatic amines is 1. The Morgan fingerprint density at radius 3 is 2.73 bits per heavy atom. The zero-order valence-corrected chi connectivity index (χ0v) is 17.1. The van der Waals surface area contributed by atoms with Crippen LogP contribution in [0.3, 0.4) is 0 Å². The maximum atomic E-state index is 12.8. The fraction of sp³-hybridized carbons (Fsp3) is 0.227. The van der Waals surface area contributed by atoms with Crippen LogP contribution in [-0.4, -0.2) is 28.6 Å². The predicted octanol–water partition coefficient (Wildman–Crippen LogP) is 3.97. The standard InChI is InChI=1S/C22H22FN3O3S/c1-2-12-26-21(28)18-10-5-15(14-19(18)25-22(26)30)20(27)24-11-3-4-13-29-17-8-6-16(23)7-9-17/h2,5-10,14H,1,3-4,11-13H2,(H,24,27)(H,25,30).